The van der Waals surface area contributed by atoms with E-state index in [0.29, 0.717) is 13.2 Å². The molecule has 23 heavy (non-hydrogen) atoms. The van der Waals surface area contributed by atoms with E-state index in [4.69, 9.17) is 4.74 Å². The molecule has 1 fully saturated rings. The third-order valence-electron chi connectivity index (χ3n) is 4.26. The SMILES string of the molecule is COCCN(CCCc1ccccc1)C(=O)C1CCCNC1.Cl. The third-order valence-corrected chi connectivity index (χ3v) is 4.26. The van der Waals surface area contributed by atoms with E-state index in [1.165, 1.54) is 5.56 Å². The predicted octanol–water partition coefficient (Wildman–Crippen LogP) is 2.52. The molecular formula is C18H29ClN2O2. The molecular weight excluding hydrogens is 312 g/mol. The van der Waals surface area contributed by atoms with Crippen molar-refractivity contribution in [2.24, 2.45) is 5.92 Å². The number of methoxy groups -OCH3 is 1. The first-order valence-electron chi connectivity index (χ1n) is 8.33. The topological polar surface area (TPSA) is 41.6 Å². The zero-order valence-corrected chi connectivity index (χ0v) is 14.8. The van der Waals surface area contributed by atoms with Crippen molar-refractivity contribution in [2.75, 3.05) is 39.9 Å². The van der Waals surface area contributed by atoms with Crippen LogP contribution in [0.15, 0.2) is 30.3 Å². The Morgan fingerprint density at radius 3 is 2.74 bits per heavy atom. The lowest BCUT2D eigenvalue weighted by atomic mass is 9.98. The summed E-state index contributed by atoms with van der Waals surface area (Å²) in [4.78, 5) is 14.7. The monoisotopic (exact) mass is 340 g/mol. The highest BCUT2D eigenvalue weighted by molar-refractivity contribution is 5.85. The Kier molecular flexibility index (Phi) is 9.92. The van der Waals surface area contributed by atoms with E-state index >= 15 is 0 Å². The lowest BCUT2D eigenvalue weighted by Gasteiger charge is -2.29. The first-order chi connectivity index (χ1) is 10.8. The Hall–Kier alpha value is -1.10. The number of nitrogens with zero attached hydrogens (tertiary/aromatic N) is 1. The van der Waals surface area contributed by atoms with Crippen LogP contribution in [0.4, 0.5) is 0 Å². The Balaban J connectivity index is 0.00000264. The minimum atomic E-state index is 0. The smallest absolute Gasteiger partial charge is 0.227 e. The number of aryl methyl sites for hydroxylation is 1. The van der Waals surface area contributed by atoms with Gasteiger partial charge in [0, 0.05) is 26.7 Å². The van der Waals surface area contributed by atoms with Crippen molar-refractivity contribution in [1.29, 1.82) is 0 Å². The van der Waals surface area contributed by atoms with Crippen molar-refractivity contribution in [3.8, 4) is 0 Å². The predicted molar refractivity (Wildman–Crippen MR) is 96.1 cm³/mol. The molecule has 130 valence electrons. The molecule has 1 aromatic carbocycles. The summed E-state index contributed by atoms with van der Waals surface area (Å²) in [7, 11) is 1.69. The van der Waals surface area contributed by atoms with Gasteiger partial charge in [0.15, 0.2) is 0 Å². The quantitative estimate of drug-likeness (QED) is 0.790. The van der Waals surface area contributed by atoms with Gasteiger partial charge in [-0.25, -0.2) is 0 Å². The Bertz CT molecular complexity index is 436. The van der Waals surface area contributed by atoms with Crippen LogP contribution in [0.1, 0.15) is 24.8 Å². The molecule has 1 unspecified atom stereocenters. The van der Waals surface area contributed by atoms with E-state index in [1.807, 2.05) is 11.0 Å². The average molecular weight is 341 g/mol. The van der Waals surface area contributed by atoms with Crippen molar-refractivity contribution in [3.63, 3.8) is 0 Å². The van der Waals surface area contributed by atoms with Crippen LogP contribution in [0, 0.1) is 5.92 Å². The second-order valence-electron chi connectivity index (χ2n) is 5.95. The number of halogens is 1. The number of hydrogen-bond acceptors (Lipinski definition) is 3. The number of amides is 1. The molecule has 0 saturated carbocycles. The maximum absolute atomic E-state index is 12.7. The van der Waals surface area contributed by atoms with Crippen LogP contribution in [-0.4, -0.2) is 50.7 Å². The zero-order chi connectivity index (χ0) is 15.6. The van der Waals surface area contributed by atoms with E-state index in [1.54, 1.807) is 7.11 Å². The number of nitrogens with one attached hydrogen (secondary N) is 1. The van der Waals surface area contributed by atoms with Crippen molar-refractivity contribution in [3.05, 3.63) is 35.9 Å². The van der Waals surface area contributed by atoms with E-state index in [0.717, 1.165) is 45.3 Å². The molecule has 1 saturated heterocycles. The zero-order valence-electron chi connectivity index (χ0n) is 14.0. The van der Waals surface area contributed by atoms with Gasteiger partial charge in [0.2, 0.25) is 5.91 Å². The molecule has 4 nitrogen and oxygen atoms in total. The van der Waals surface area contributed by atoms with Crippen molar-refractivity contribution >= 4 is 18.3 Å². The average Bonchev–Trinajstić information content (AvgIpc) is 2.59. The molecule has 0 spiro atoms. The number of carbonyl (C=O) groups excluding carboxylic acids is 1. The van der Waals surface area contributed by atoms with Crippen LogP contribution in [0.5, 0.6) is 0 Å². The summed E-state index contributed by atoms with van der Waals surface area (Å²) >= 11 is 0. The first kappa shape index (κ1) is 19.9. The summed E-state index contributed by atoms with van der Waals surface area (Å²) < 4.78 is 5.16. The van der Waals surface area contributed by atoms with Crippen molar-refractivity contribution in [2.45, 2.75) is 25.7 Å². The van der Waals surface area contributed by atoms with E-state index in [-0.39, 0.29) is 24.2 Å². The third kappa shape index (κ3) is 6.90. The van der Waals surface area contributed by atoms with Gasteiger partial charge in [-0.3, -0.25) is 4.79 Å². The first-order valence-corrected chi connectivity index (χ1v) is 8.33. The molecule has 1 aliphatic rings. The van der Waals surface area contributed by atoms with Gasteiger partial charge in [0.25, 0.3) is 0 Å². The van der Waals surface area contributed by atoms with Gasteiger partial charge in [-0.05, 0) is 37.8 Å². The number of rotatable bonds is 8. The minimum absolute atomic E-state index is 0. The molecule has 0 aliphatic carbocycles. The van der Waals surface area contributed by atoms with Crippen molar-refractivity contribution < 1.29 is 9.53 Å². The molecule has 1 heterocycles. The van der Waals surface area contributed by atoms with Gasteiger partial charge in [-0.2, -0.15) is 0 Å². The van der Waals surface area contributed by atoms with E-state index < -0.39 is 0 Å². The van der Waals surface area contributed by atoms with E-state index in [9.17, 15) is 4.79 Å². The maximum atomic E-state index is 12.7. The summed E-state index contributed by atoms with van der Waals surface area (Å²) in [6.07, 6.45) is 4.12. The highest BCUT2D eigenvalue weighted by atomic mass is 35.5. The summed E-state index contributed by atoms with van der Waals surface area (Å²) in [5.74, 6) is 0.430. The Morgan fingerprint density at radius 1 is 1.30 bits per heavy atom. The van der Waals surface area contributed by atoms with Crippen LogP contribution in [0.3, 0.4) is 0 Å². The lowest BCUT2D eigenvalue weighted by Crippen LogP contribution is -2.44. The van der Waals surface area contributed by atoms with Crippen LogP contribution in [0.2, 0.25) is 0 Å². The van der Waals surface area contributed by atoms with E-state index in [2.05, 4.69) is 29.6 Å². The number of ether oxygens (including phenoxy) is 1. The van der Waals surface area contributed by atoms with Gasteiger partial charge < -0.3 is 15.0 Å². The van der Waals surface area contributed by atoms with Gasteiger partial charge in [-0.1, -0.05) is 30.3 Å². The number of piperidine rings is 1. The molecule has 2 rings (SSSR count). The Labute approximate surface area is 146 Å². The van der Waals surface area contributed by atoms with Crippen LogP contribution >= 0.6 is 12.4 Å². The van der Waals surface area contributed by atoms with Crippen LogP contribution in [0.25, 0.3) is 0 Å². The molecule has 5 heteroatoms. The fourth-order valence-electron chi connectivity index (χ4n) is 2.97. The van der Waals surface area contributed by atoms with Crippen LogP contribution in [-0.2, 0) is 16.0 Å². The molecule has 1 aromatic rings. The number of hydrogen-bond donors (Lipinski definition) is 1. The summed E-state index contributed by atoms with van der Waals surface area (Å²) in [6.45, 7) is 3.97. The molecule has 1 aliphatic heterocycles. The summed E-state index contributed by atoms with van der Waals surface area (Å²) in [5, 5.41) is 3.33. The lowest BCUT2D eigenvalue weighted by molar-refractivity contribution is -0.136. The molecule has 0 radical (unpaired) electrons. The minimum Gasteiger partial charge on any atom is -0.383 e. The fraction of sp³-hybridized carbons (Fsp3) is 0.611. The van der Waals surface area contributed by atoms with Crippen LogP contribution < -0.4 is 5.32 Å². The second-order valence-corrected chi connectivity index (χ2v) is 5.95. The molecule has 1 N–H and O–H groups in total. The van der Waals surface area contributed by atoms with Gasteiger partial charge >= 0.3 is 0 Å². The highest BCUT2D eigenvalue weighted by Crippen LogP contribution is 2.14. The van der Waals surface area contributed by atoms with Gasteiger partial charge in [-0.15, -0.1) is 12.4 Å². The van der Waals surface area contributed by atoms with Gasteiger partial charge in [0.05, 0.1) is 12.5 Å². The van der Waals surface area contributed by atoms with Crippen molar-refractivity contribution in [1.82, 2.24) is 10.2 Å². The number of benzene rings is 1. The summed E-state index contributed by atoms with van der Waals surface area (Å²) in [5.41, 5.74) is 1.33. The van der Waals surface area contributed by atoms with Gasteiger partial charge in [0.1, 0.15) is 0 Å². The fourth-order valence-corrected chi connectivity index (χ4v) is 2.97. The Morgan fingerprint density at radius 2 is 2.09 bits per heavy atom. The molecule has 0 aromatic heterocycles. The largest absolute Gasteiger partial charge is 0.383 e. The molecule has 1 amide bonds. The molecule has 1 atom stereocenters. The second kappa shape index (κ2) is 11.4. The highest BCUT2D eigenvalue weighted by Gasteiger charge is 2.25. The molecule has 0 bridgehead atoms. The maximum Gasteiger partial charge on any atom is 0.227 e. The normalized spacial score (nSPS) is 17.3. The summed E-state index contributed by atoms with van der Waals surface area (Å²) in [6, 6.07) is 10.5. The standard InChI is InChI=1S/C18H28N2O2.ClH/c1-22-14-13-20(18(21)17-10-5-11-19-15-17)12-6-9-16-7-3-2-4-8-16;/h2-4,7-8,17,19H,5-6,9-15H2,1H3;1H. The number of carbonyl (C=O) groups is 1.